The molecule has 3 N–H and O–H groups in total. The highest BCUT2D eigenvalue weighted by Gasteiger charge is 2.17. The first-order valence-corrected chi connectivity index (χ1v) is 5.59. The largest absolute Gasteiger partial charge is 0.382 e. The van der Waals surface area contributed by atoms with Crippen LogP contribution in [0.15, 0.2) is 18.5 Å². The van der Waals surface area contributed by atoms with Crippen LogP contribution in [0.5, 0.6) is 0 Å². The van der Waals surface area contributed by atoms with Gasteiger partial charge in [0.05, 0.1) is 11.4 Å². The SMILES string of the molecule is Cc1nn(C)cc1NC(=O)C(C)n1ccc(N)n1. The lowest BCUT2D eigenvalue weighted by atomic mass is 10.3. The Labute approximate surface area is 105 Å². The second-order valence-electron chi connectivity index (χ2n) is 4.19. The van der Waals surface area contributed by atoms with Gasteiger partial charge >= 0.3 is 0 Å². The zero-order chi connectivity index (χ0) is 13.3. The fourth-order valence-corrected chi connectivity index (χ4v) is 1.65. The van der Waals surface area contributed by atoms with Crippen LogP contribution in [0.3, 0.4) is 0 Å². The van der Waals surface area contributed by atoms with Gasteiger partial charge in [-0.3, -0.25) is 14.2 Å². The van der Waals surface area contributed by atoms with Gasteiger partial charge in [0.1, 0.15) is 11.9 Å². The summed E-state index contributed by atoms with van der Waals surface area (Å²) < 4.78 is 3.18. The zero-order valence-electron chi connectivity index (χ0n) is 10.6. The molecule has 1 atom stereocenters. The number of hydrogen-bond acceptors (Lipinski definition) is 4. The molecule has 0 aliphatic rings. The summed E-state index contributed by atoms with van der Waals surface area (Å²) in [5, 5.41) is 11.0. The molecule has 7 heteroatoms. The topological polar surface area (TPSA) is 90.8 Å². The molecular weight excluding hydrogens is 232 g/mol. The molecule has 2 aromatic heterocycles. The van der Waals surface area contributed by atoms with Gasteiger partial charge in [0, 0.05) is 19.4 Å². The Hall–Kier alpha value is -2.31. The number of carbonyl (C=O) groups is 1. The van der Waals surface area contributed by atoms with Crippen molar-refractivity contribution >= 4 is 17.4 Å². The number of amides is 1. The minimum absolute atomic E-state index is 0.158. The number of nitrogens with two attached hydrogens (primary N) is 1. The summed E-state index contributed by atoms with van der Waals surface area (Å²) in [6.07, 6.45) is 3.44. The Kier molecular flexibility index (Phi) is 3.05. The van der Waals surface area contributed by atoms with Crippen molar-refractivity contribution in [3.05, 3.63) is 24.2 Å². The Morgan fingerprint density at radius 3 is 2.72 bits per heavy atom. The number of nitrogens with zero attached hydrogens (tertiary/aromatic N) is 4. The Balaban J connectivity index is 2.10. The minimum atomic E-state index is -0.429. The second kappa shape index (κ2) is 4.52. The number of anilines is 2. The van der Waals surface area contributed by atoms with E-state index in [4.69, 9.17) is 5.73 Å². The van der Waals surface area contributed by atoms with Gasteiger partial charge in [-0.05, 0) is 19.9 Å². The van der Waals surface area contributed by atoms with Crippen molar-refractivity contribution in [2.45, 2.75) is 19.9 Å². The molecule has 0 saturated heterocycles. The van der Waals surface area contributed by atoms with Crippen molar-refractivity contribution in [2.75, 3.05) is 11.1 Å². The van der Waals surface area contributed by atoms with Gasteiger partial charge in [0.2, 0.25) is 5.91 Å². The third-order valence-corrected chi connectivity index (χ3v) is 2.68. The van der Waals surface area contributed by atoms with Crippen molar-refractivity contribution in [1.82, 2.24) is 19.6 Å². The first kappa shape index (κ1) is 12.2. The number of nitrogens with one attached hydrogen (secondary N) is 1. The number of rotatable bonds is 3. The lowest BCUT2D eigenvalue weighted by molar-refractivity contribution is -0.119. The quantitative estimate of drug-likeness (QED) is 0.836. The minimum Gasteiger partial charge on any atom is -0.382 e. The molecule has 0 aliphatic heterocycles. The van der Waals surface area contributed by atoms with E-state index >= 15 is 0 Å². The summed E-state index contributed by atoms with van der Waals surface area (Å²) in [5.74, 6) is 0.237. The van der Waals surface area contributed by atoms with Crippen molar-refractivity contribution in [3.8, 4) is 0 Å². The molecule has 0 aliphatic carbocycles. The maximum atomic E-state index is 12.0. The Morgan fingerprint density at radius 1 is 1.50 bits per heavy atom. The third-order valence-electron chi connectivity index (χ3n) is 2.68. The van der Waals surface area contributed by atoms with E-state index in [0.29, 0.717) is 11.5 Å². The van der Waals surface area contributed by atoms with Gasteiger partial charge in [0.15, 0.2) is 0 Å². The highest BCUT2D eigenvalue weighted by Crippen LogP contribution is 2.15. The number of aryl methyl sites for hydroxylation is 2. The maximum Gasteiger partial charge on any atom is 0.249 e. The summed E-state index contributed by atoms with van der Waals surface area (Å²) in [6.45, 7) is 3.60. The number of hydrogen-bond donors (Lipinski definition) is 2. The summed E-state index contributed by atoms with van der Waals surface area (Å²) in [7, 11) is 1.81. The highest BCUT2D eigenvalue weighted by molar-refractivity contribution is 5.93. The van der Waals surface area contributed by atoms with Crippen LogP contribution in [0.4, 0.5) is 11.5 Å². The van der Waals surface area contributed by atoms with Gasteiger partial charge in [-0.15, -0.1) is 0 Å². The first-order valence-electron chi connectivity index (χ1n) is 5.59. The van der Waals surface area contributed by atoms with Gasteiger partial charge in [-0.1, -0.05) is 0 Å². The van der Waals surface area contributed by atoms with Gasteiger partial charge in [-0.2, -0.15) is 10.2 Å². The smallest absolute Gasteiger partial charge is 0.249 e. The standard InChI is InChI=1S/C11H16N6O/c1-7-9(6-16(3)14-7)13-11(18)8(2)17-5-4-10(12)15-17/h4-6,8H,1-3H3,(H2,12,15)(H,13,18). The summed E-state index contributed by atoms with van der Waals surface area (Å²) in [4.78, 5) is 12.0. The van der Waals surface area contributed by atoms with Crippen LogP contribution in [0.2, 0.25) is 0 Å². The number of nitrogen functional groups attached to an aromatic ring is 1. The molecular formula is C11H16N6O. The van der Waals surface area contributed by atoms with E-state index in [-0.39, 0.29) is 5.91 Å². The van der Waals surface area contributed by atoms with E-state index in [2.05, 4.69) is 15.5 Å². The van der Waals surface area contributed by atoms with Crippen molar-refractivity contribution < 1.29 is 4.79 Å². The average Bonchev–Trinajstić information content (AvgIpc) is 2.85. The fourth-order valence-electron chi connectivity index (χ4n) is 1.65. The fraction of sp³-hybridized carbons (Fsp3) is 0.364. The van der Waals surface area contributed by atoms with Crippen molar-refractivity contribution in [3.63, 3.8) is 0 Å². The van der Waals surface area contributed by atoms with E-state index in [9.17, 15) is 4.79 Å². The molecule has 0 fully saturated rings. The Morgan fingerprint density at radius 2 is 2.22 bits per heavy atom. The normalized spacial score (nSPS) is 12.4. The van der Waals surface area contributed by atoms with Gasteiger partial charge in [-0.25, -0.2) is 0 Å². The molecule has 0 radical (unpaired) electrons. The van der Waals surface area contributed by atoms with Crippen LogP contribution in [-0.2, 0) is 11.8 Å². The predicted molar refractivity (Wildman–Crippen MR) is 67.9 cm³/mol. The van der Waals surface area contributed by atoms with E-state index in [1.54, 1.807) is 37.1 Å². The highest BCUT2D eigenvalue weighted by atomic mass is 16.2. The zero-order valence-corrected chi connectivity index (χ0v) is 10.6. The number of aromatic nitrogens is 4. The van der Waals surface area contributed by atoms with Crippen LogP contribution in [0.1, 0.15) is 18.7 Å². The molecule has 0 spiro atoms. The van der Waals surface area contributed by atoms with Crippen LogP contribution in [0, 0.1) is 6.92 Å². The summed E-state index contributed by atoms with van der Waals surface area (Å²) in [6, 6.07) is 1.22. The summed E-state index contributed by atoms with van der Waals surface area (Å²) >= 11 is 0. The van der Waals surface area contributed by atoms with Crippen LogP contribution >= 0.6 is 0 Å². The molecule has 96 valence electrons. The monoisotopic (exact) mass is 248 g/mol. The molecule has 0 bridgehead atoms. The number of carbonyl (C=O) groups excluding carboxylic acids is 1. The van der Waals surface area contributed by atoms with Gasteiger partial charge < -0.3 is 11.1 Å². The molecule has 2 heterocycles. The molecule has 18 heavy (non-hydrogen) atoms. The molecule has 0 aromatic carbocycles. The molecule has 2 rings (SSSR count). The molecule has 7 nitrogen and oxygen atoms in total. The molecule has 0 saturated carbocycles. The van der Waals surface area contributed by atoms with Crippen LogP contribution in [0.25, 0.3) is 0 Å². The molecule has 1 unspecified atom stereocenters. The van der Waals surface area contributed by atoms with Crippen molar-refractivity contribution in [2.24, 2.45) is 7.05 Å². The van der Waals surface area contributed by atoms with E-state index in [1.165, 1.54) is 4.68 Å². The van der Waals surface area contributed by atoms with E-state index in [1.807, 2.05) is 6.92 Å². The first-order chi connectivity index (χ1) is 8.47. The lowest BCUT2D eigenvalue weighted by Gasteiger charge is -2.11. The second-order valence-corrected chi connectivity index (χ2v) is 4.19. The maximum absolute atomic E-state index is 12.0. The summed E-state index contributed by atoms with van der Waals surface area (Å²) in [5.41, 5.74) is 7.00. The average molecular weight is 248 g/mol. The van der Waals surface area contributed by atoms with Crippen LogP contribution in [-0.4, -0.2) is 25.5 Å². The van der Waals surface area contributed by atoms with Crippen molar-refractivity contribution in [1.29, 1.82) is 0 Å². The lowest BCUT2D eigenvalue weighted by Crippen LogP contribution is -2.24. The van der Waals surface area contributed by atoms with Gasteiger partial charge in [0.25, 0.3) is 0 Å². The van der Waals surface area contributed by atoms with E-state index < -0.39 is 6.04 Å². The Bertz CT molecular complexity index is 570. The molecule has 1 amide bonds. The van der Waals surface area contributed by atoms with Crippen LogP contribution < -0.4 is 11.1 Å². The third kappa shape index (κ3) is 2.34. The molecule has 2 aromatic rings. The van der Waals surface area contributed by atoms with E-state index in [0.717, 1.165) is 5.69 Å². The predicted octanol–water partition coefficient (Wildman–Crippen LogP) is 0.707.